The molecule has 2 aromatic rings. The van der Waals surface area contributed by atoms with Crippen LogP contribution in [0.3, 0.4) is 0 Å². The van der Waals surface area contributed by atoms with E-state index >= 15 is 0 Å². The van der Waals surface area contributed by atoms with Crippen LogP contribution in [0.5, 0.6) is 5.75 Å². The van der Waals surface area contributed by atoms with E-state index in [4.69, 9.17) is 10.00 Å². The lowest BCUT2D eigenvalue weighted by atomic mass is 10.1. The minimum Gasteiger partial charge on any atom is -0.495 e. The van der Waals surface area contributed by atoms with Crippen molar-refractivity contribution in [1.82, 2.24) is 9.55 Å². The molecule has 0 radical (unpaired) electrons. The number of ether oxygens (including phenoxy) is 1. The summed E-state index contributed by atoms with van der Waals surface area (Å²) in [5, 5.41) is 8.97. The Labute approximate surface area is 125 Å². The summed E-state index contributed by atoms with van der Waals surface area (Å²) in [6, 6.07) is 6.34. The molecule has 0 aliphatic carbocycles. The number of hydrogen-bond donors (Lipinski definition) is 0. The van der Waals surface area contributed by atoms with E-state index in [1.807, 2.05) is 6.07 Å². The maximum atomic E-state index is 12.9. The highest BCUT2D eigenvalue weighted by molar-refractivity contribution is 5.62. The quantitative estimate of drug-likeness (QED) is 0.860. The van der Waals surface area contributed by atoms with Gasteiger partial charge in [0.2, 0.25) is 0 Å². The molecular weight excluding hydrogens is 295 g/mol. The summed E-state index contributed by atoms with van der Waals surface area (Å²) in [4.78, 5) is 3.70. The van der Waals surface area contributed by atoms with E-state index in [-0.39, 0.29) is 11.9 Å². The van der Waals surface area contributed by atoms with Gasteiger partial charge in [-0.3, -0.25) is 0 Å². The Morgan fingerprint density at radius 2 is 2.00 bits per heavy atom. The molecule has 1 aromatic heterocycles. The molecule has 1 heterocycles. The van der Waals surface area contributed by atoms with Gasteiger partial charge in [-0.05, 0) is 32.0 Å². The molecule has 0 atom stereocenters. The first-order valence-electron chi connectivity index (χ1n) is 6.52. The number of nitrogens with zero attached hydrogens (tertiary/aromatic N) is 3. The van der Waals surface area contributed by atoms with E-state index in [9.17, 15) is 13.2 Å². The minimum atomic E-state index is -4.51. The van der Waals surface area contributed by atoms with Crippen molar-refractivity contribution in [3.05, 3.63) is 35.7 Å². The fourth-order valence-electron chi connectivity index (χ4n) is 2.06. The highest BCUT2D eigenvalue weighted by atomic mass is 19.4. The van der Waals surface area contributed by atoms with Crippen molar-refractivity contribution in [2.75, 3.05) is 7.11 Å². The second-order valence-corrected chi connectivity index (χ2v) is 4.98. The Morgan fingerprint density at radius 3 is 2.50 bits per heavy atom. The van der Waals surface area contributed by atoms with Crippen LogP contribution in [0.1, 0.15) is 31.1 Å². The number of nitriles is 1. The van der Waals surface area contributed by atoms with Gasteiger partial charge < -0.3 is 9.30 Å². The molecule has 1 aromatic carbocycles. The first-order chi connectivity index (χ1) is 10.3. The molecule has 0 amide bonds. The molecular formula is C15H14F3N3O. The number of hydrogen-bond acceptors (Lipinski definition) is 3. The lowest BCUT2D eigenvalue weighted by Gasteiger charge is -2.12. The van der Waals surface area contributed by atoms with Crippen molar-refractivity contribution in [3.8, 4) is 23.2 Å². The van der Waals surface area contributed by atoms with Crippen molar-refractivity contribution < 1.29 is 17.9 Å². The molecule has 7 heteroatoms. The summed E-state index contributed by atoms with van der Waals surface area (Å²) >= 11 is 0. The number of aromatic nitrogens is 2. The van der Waals surface area contributed by atoms with Crippen LogP contribution in [0.2, 0.25) is 0 Å². The molecule has 0 aliphatic heterocycles. The van der Waals surface area contributed by atoms with E-state index in [2.05, 4.69) is 4.98 Å². The highest BCUT2D eigenvalue weighted by Crippen LogP contribution is 2.34. The molecule has 4 nitrogen and oxygen atoms in total. The third kappa shape index (κ3) is 2.91. The summed E-state index contributed by atoms with van der Waals surface area (Å²) in [5.74, 6) is 0.483. The lowest BCUT2D eigenvalue weighted by Crippen LogP contribution is -2.05. The third-order valence-corrected chi connectivity index (χ3v) is 3.16. The molecule has 0 N–H and O–H groups in total. The molecule has 0 spiro atoms. The zero-order chi connectivity index (χ0) is 16.5. The Hall–Kier alpha value is -2.49. The summed E-state index contributed by atoms with van der Waals surface area (Å²) in [6.45, 7) is 3.54. The predicted molar refractivity (Wildman–Crippen MR) is 74.3 cm³/mol. The minimum absolute atomic E-state index is 0.185. The second-order valence-electron chi connectivity index (χ2n) is 4.98. The maximum absolute atomic E-state index is 12.9. The van der Waals surface area contributed by atoms with Crippen LogP contribution in [-0.2, 0) is 6.18 Å². The normalized spacial score (nSPS) is 11.5. The molecule has 0 fully saturated rings. The van der Waals surface area contributed by atoms with Gasteiger partial charge in [0.25, 0.3) is 0 Å². The average Bonchev–Trinajstić information content (AvgIpc) is 2.92. The van der Waals surface area contributed by atoms with Gasteiger partial charge in [-0.15, -0.1) is 0 Å². The van der Waals surface area contributed by atoms with Crippen LogP contribution >= 0.6 is 0 Å². The maximum Gasteiger partial charge on any atom is 0.434 e. The Kier molecular flexibility index (Phi) is 4.13. The summed E-state index contributed by atoms with van der Waals surface area (Å²) in [5.41, 5.74) is -0.176. The zero-order valence-electron chi connectivity index (χ0n) is 12.3. The fraction of sp³-hybridized carbons (Fsp3) is 0.333. The zero-order valence-corrected chi connectivity index (χ0v) is 12.3. The van der Waals surface area contributed by atoms with Crippen LogP contribution in [0, 0.1) is 11.3 Å². The number of imidazole rings is 1. The van der Waals surface area contributed by atoms with Crippen LogP contribution in [0.25, 0.3) is 11.4 Å². The molecule has 0 saturated carbocycles. The van der Waals surface area contributed by atoms with E-state index in [1.54, 1.807) is 19.9 Å². The largest absolute Gasteiger partial charge is 0.495 e. The monoisotopic (exact) mass is 309 g/mol. The van der Waals surface area contributed by atoms with E-state index in [0.717, 1.165) is 6.20 Å². The average molecular weight is 309 g/mol. The molecule has 0 bridgehead atoms. The molecule has 116 valence electrons. The summed E-state index contributed by atoms with van der Waals surface area (Å²) < 4.78 is 45.2. The summed E-state index contributed by atoms with van der Waals surface area (Å²) in [7, 11) is 1.40. The lowest BCUT2D eigenvalue weighted by molar-refractivity contribution is -0.140. The van der Waals surface area contributed by atoms with Gasteiger partial charge in [0.05, 0.1) is 12.7 Å². The van der Waals surface area contributed by atoms with Gasteiger partial charge in [0, 0.05) is 17.8 Å². The second kappa shape index (κ2) is 5.72. The highest BCUT2D eigenvalue weighted by Gasteiger charge is 2.35. The van der Waals surface area contributed by atoms with Gasteiger partial charge in [-0.25, -0.2) is 4.98 Å². The number of alkyl halides is 3. The third-order valence-electron chi connectivity index (χ3n) is 3.16. The Bertz CT molecular complexity index is 727. The predicted octanol–water partition coefficient (Wildman–Crippen LogP) is 4.03. The number of halogens is 3. The Balaban J connectivity index is 2.61. The van der Waals surface area contributed by atoms with Gasteiger partial charge in [0.1, 0.15) is 17.6 Å². The molecule has 0 unspecified atom stereocenters. The van der Waals surface area contributed by atoms with E-state index < -0.39 is 11.9 Å². The van der Waals surface area contributed by atoms with Gasteiger partial charge in [0.15, 0.2) is 5.69 Å². The number of benzene rings is 1. The molecule has 2 rings (SSSR count). The number of methoxy groups -OCH3 is 1. The van der Waals surface area contributed by atoms with Crippen LogP contribution in [-0.4, -0.2) is 16.7 Å². The van der Waals surface area contributed by atoms with Gasteiger partial charge in [-0.1, -0.05) is 0 Å². The Morgan fingerprint density at radius 1 is 1.32 bits per heavy atom. The van der Waals surface area contributed by atoms with Crippen LogP contribution in [0.4, 0.5) is 13.2 Å². The fourth-order valence-corrected chi connectivity index (χ4v) is 2.06. The molecule has 0 aliphatic rings. The van der Waals surface area contributed by atoms with Crippen molar-refractivity contribution in [2.45, 2.75) is 26.1 Å². The SMILES string of the molecule is COc1cc(-c2nc(C(F)(F)F)cn2C(C)C)ccc1C#N. The topological polar surface area (TPSA) is 50.8 Å². The first kappa shape index (κ1) is 15.9. The standard InChI is InChI=1S/C15H14F3N3O/c1-9(2)21-8-13(15(16,17)18)20-14(21)10-4-5-11(7-19)12(6-10)22-3/h4-6,8-9H,1-3H3. The first-order valence-corrected chi connectivity index (χ1v) is 6.52. The van der Waals surface area contributed by atoms with Crippen LogP contribution < -0.4 is 4.74 Å². The van der Waals surface area contributed by atoms with Crippen molar-refractivity contribution in [2.24, 2.45) is 0 Å². The molecule has 22 heavy (non-hydrogen) atoms. The molecule has 0 saturated heterocycles. The van der Waals surface area contributed by atoms with Crippen molar-refractivity contribution >= 4 is 0 Å². The van der Waals surface area contributed by atoms with Gasteiger partial charge in [-0.2, -0.15) is 18.4 Å². The smallest absolute Gasteiger partial charge is 0.434 e. The summed E-state index contributed by atoms with van der Waals surface area (Å²) in [6.07, 6.45) is -3.52. The van der Waals surface area contributed by atoms with E-state index in [0.29, 0.717) is 16.9 Å². The van der Waals surface area contributed by atoms with Crippen molar-refractivity contribution in [1.29, 1.82) is 5.26 Å². The van der Waals surface area contributed by atoms with Crippen molar-refractivity contribution in [3.63, 3.8) is 0 Å². The van der Waals surface area contributed by atoms with Gasteiger partial charge >= 0.3 is 6.18 Å². The number of rotatable bonds is 3. The van der Waals surface area contributed by atoms with Crippen LogP contribution in [0.15, 0.2) is 24.4 Å². The van der Waals surface area contributed by atoms with E-state index in [1.165, 1.54) is 23.8 Å².